The van der Waals surface area contributed by atoms with Crippen molar-refractivity contribution in [2.75, 3.05) is 0 Å². The van der Waals surface area contributed by atoms with Crippen LogP contribution in [-0.4, -0.2) is 25.0 Å². The lowest BCUT2D eigenvalue weighted by Gasteiger charge is -1.87. The SMILES string of the molecule is c1ncn(-c2nnc(C3CC3)s2)n1. The standard InChI is InChI=1S/C7H7N5S/c1-2-5(1)6-10-11-7(13-6)12-4-8-3-9-12/h3-5H,1-2H2. The summed E-state index contributed by atoms with van der Waals surface area (Å²) < 4.78 is 1.64. The zero-order chi connectivity index (χ0) is 8.67. The molecule has 1 saturated carbocycles. The quantitative estimate of drug-likeness (QED) is 0.713. The Kier molecular flexibility index (Phi) is 1.42. The van der Waals surface area contributed by atoms with Gasteiger partial charge in [-0.05, 0) is 12.8 Å². The van der Waals surface area contributed by atoms with Crippen molar-refractivity contribution < 1.29 is 0 Å². The normalized spacial score (nSPS) is 16.3. The lowest BCUT2D eigenvalue weighted by atomic mass is 10.5. The molecule has 0 amide bonds. The van der Waals surface area contributed by atoms with Gasteiger partial charge in [0.1, 0.15) is 17.7 Å². The summed E-state index contributed by atoms with van der Waals surface area (Å²) in [5, 5.41) is 14.1. The molecule has 0 spiro atoms. The van der Waals surface area contributed by atoms with E-state index in [4.69, 9.17) is 0 Å². The van der Waals surface area contributed by atoms with E-state index in [9.17, 15) is 0 Å². The van der Waals surface area contributed by atoms with Gasteiger partial charge in [-0.15, -0.1) is 10.2 Å². The third-order valence-electron chi connectivity index (χ3n) is 1.97. The van der Waals surface area contributed by atoms with Crippen LogP contribution in [0.25, 0.3) is 5.13 Å². The molecule has 2 heterocycles. The fourth-order valence-corrected chi connectivity index (χ4v) is 2.06. The molecule has 3 rings (SSSR count). The Morgan fingerprint density at radius 2 is 2.31 bits per heavy atom. The molecule has 6 heteroatoms. The minimum atomic E-state index is 0.662. The smallest absolute Gasteiger partial charge is 0.223 e. The van der Waals surface area contributed by atoms with Crippen LogP contribution in [0.2, 0.25) is 0 Å². The van der Waals surface area contributed by atoms with Crippen molar-refractivity contribution in [2.24, 2.45) is 0 Å². The molecule has 0 aliphatic heterocycles. The number of hydrogen-bond donors (Lipinski definition) is 0. The van der Waals surface area contributed by atoms with Gasteiger partial charge in [-0.25, -0.2) is 4.98 Å². The predicted octanol–water partition coefficient (Wildman–Crippen LogP) is 0.996. The highest BCUT2D eigenvalue weighted by Crippen LogP contribution is 2.41. The van der Waals surface area contributed by atoms with Crippen molar-refractivity contribution in [3.05, 3.63) is 17.7 Å². The van der Waals surface area contributed by atoms with Gasteiger partial charge >= 0.3 is 0 Å². The zero-order valence-corrected chi connectivity index (χ0v) is 7.61. The number of hydrogen-bond acceptors (Lipinski definition) is 5. The molecule has 1 aliphatic rings. The molecule has 5 nitrogen and oxygen atoms in total. The van der Waals surface area contributed by atoms with Crippen LogP contribution in [0, 0.1) is 0 Å². The molecule has 0 saturated heterocycles. The van der Waals surface area contributed by atoms with Gasteiger partial charge in [0.15, 0.2) is 0 Å². The summed E-state index contributed by atoms with van der Waals surface area (Å²) in [6, 6.07) is 0. The highest BCUT2D eigenvalue weighted by molar-refractivity contribution is 7.13. The van der Waals surface area contributed by atoms with Crippen LogP contribution in [0.1, 0.15) is 23.8 Å². The summed E-state index contributed by atoms with van der Waals surface area (Å²) in [4.78, 5) is 3.86. The Balaban J connectivity index is 1.97. The maximum absolute atomic E-state index is 4.11. The zero-order valence-electron chi connectivity index (χ0n) is 6.79. The molecule has 0 radical (unpaired) electrons. The average Bonchev–Trinajstić information content (AvgIpc) is 2.72. The summed E-state index contributed by atoms with van der Waals surface area (Å²) in [5.74, 6) is 0.662. The van der Waals surface area contributed by atoms with Gasteiger partial charge < -0.3 is 0 Å². The molecule has 0 atom stereocenters. The van der Waals surface area contributed by atoms with Crippen LogP contribution < -0.4 is 0 Å². The summed E-state index contributed by atoms with van der Waals surface area (Å²) in [5.41, 5.74) is 0. The van der Waals surface area contributed by atoms with E-state index in [2.05, 4.69) is 20.3 Å². The van der Waals surface area contributed by atoms with E-state index < -0.39 is 0 Å². The van der Waals surface area contributed by atoms with Crippen molar-refractivity contribution in [1.29, 1.82) is 0 Å². The van der Waals surface area contributed by atoms with Crippen LogP contribution in [0.5, 0.6) is 0 Å². The third kappa shape index (κ3) is 1.23. The van der Waals surface area contributed by atoms with Crippen molar-refractivity contribution >= 4 is 11.3 Å². The molecular formula is C7H7N5S. The highest BCUT2D eigenvalue weighted by atomic mass is 32.1. The first kappa shape index (κ1) is 7.14. The maximum Gasteiger partial charge on any atom is 0.234 e. The van der Waals surface area contributed by atoms with E-state index in [1.54, 1.807) is 22.3 Å². The van der Waals surface area contributed by atoms with E-state index in [0.29, 0.717) is 5.92 Å². The molecule has 0 N–H and O–H groups in total. The molecule has 0 bridgehead atoms. The number of rotatable bonds is 2. The Hall–Kier alpha value is -1.30. The molecule has 2 aromatic rings. The van der Waals surface area contributed by atoms with Gasteiger partial charge in [-0.3, -0.25) is 0 Å². The Labute approximate surface area is 78.5 Å². The van der Waals surface area contributed by atoms with Crippen LogP contribution in [0.3, 0.4) is 0 Å². The van der Waals surface area contributed by atoms with Crippen LogP contribution >= 0.6 is 11.3 Å². The number of aromatic nitrogens is 5. The van der Waals surface area contributed by atoms with Gasteiger partial charge in [0, 0.05) is 5.92 Å². The number of nitrogens with zero attached hydrogens (tertiary/aromatic N) is 5. The maximum atomic E-state index is 4.11. The minimum Gasteiger partial charge on any atom is -0.223 e. The van der Waals surface area contributed by atoms with Crippen LogP contribution in [0.4, 0.5) is 0 Å². The second-order valence-corrected chi connectivity index (χ2v) is 4.02. The van der Waals surface area contributed by atoms with Crippen molar-refractivity contribution in [2.45, 2.75) is 18.8 Å². The molecule has 1 aliphatic carbocycles. The summed E-state index contributed by atoms with van der Waals surface area (Å²) in [6.45, 7) is 0. The molecule has 1 fully saturated rings. The van der Waals surface area contributed by atoms with Gasteiger partial charge in [-0.2, -0.15) is 9.78 Å². The summed E-state index contributed by atoms with van der Waals surface area (Å²) in [7, 11) is 0. The van der Waals surface area contributed by atoms with Gasteiger partial charge in [0.25, 0.3) is 0 Å². The lowest BCUT2D eigenvalue weighted by Crippen LogP contribution is -1.92. The summed E-state index contributed by atoms with van der Waals surface area (Å²) >= 11 is 1.60. The average molecular weight is 193 g/mol. The topological polar surface area (TPSA) is 56.5 Å². The van der Waals surface area contributed by atoms with Crippen molar-refractivity contribution in [3.8, 4) is 5.13 Å². The van der Waals surface area contributed by atoms with Gasteiger partial charge in [0.05, 0.1) is 0 Å². The highest BCUT2D eigenvalue weighted by Gasteiger charge is 2.27. The van der Waals surface area contributed by atoms with Crippen molar-refractivity contribution in [1.82, 2.24) is 25.0 Å². The van der Waals surface area contributed by atoms with Crippen molar-refractivity contribution in [3.63, 3.8) is 0 Å². The van der Waals surface area contributed by atoms with E-state index in [1.165, 1.54) is 19.2 Å². The van der Waals surface area contributed by atoms with Gasteiger partial charge in [-0.1, -0.05) is 11.3 Å². The fourth-order valence-electron chi connectivity index (χ4n) is 1.12. The third-order valence-corrected chi connectivity index (χ3v) is 3.05. The van der Waals surface area contributed by atoms with E-state index in [0.717, 1.165) is 10.1 Å². The Morgan fingerprint density at radius 3 is 3.00 bits per heavy atom. The second kappa shape index (κ2) is 2.59. The van der Waals surface area contributed by atoms with Crippen LogP contribution in [-0.2, 0) is 0 Å². The monoisotopic (exact) mass is 193 g/mol. The molecule has 0 aromatic carbocycles. The molecule has 13 heavy (non-hydrogen) atoms. The Morgan fingerprint density at radius 1 is 1.38 bits per heavy atom. The van der Waals surface area contributed by atoms with E-state index in [1.807, 2.05) is 0 Å². The first-order chi connectivity index (χ1) is 6.43. The first-order valence-electron chi connectivity index (χ1n) is 4.12. The van der Waals surface area contributed by atoms with Crippen LogP contribution in [0.15, 0.2) is 12.7 Å². The largest absolute Gasteiger partial charge is 0.234 e. The predicted molar refractivity (Wildman–Crippen MR) is 46.8 cm³/mol. The molecule has 0 unspecified atom stereocenters. The molecule has 66 valence electrons. The Bertz CT molecular complexity index is 402. The minimum absolute atomic E-state index is 0.662. The van der Waals surface area contributed by atoms with E-state index >= 15 is 0 Å². The lowest BCUT2D eigenvalue weighted by molar-refractivity contribution is 0.837. The fraction of sp³-hybridized carbons (Fsp3) is 0.429. The molecule has 2 aromatic heterocycles. The van der Waals surface area contributed by atoms with Gasteiger partial charge in [0.2, 0.25) is 5.13 Å². The molecular weight excluding hydrogens is 186 g/mol. The summed E-state index contributed by atoms with van der Waals surface area (Å²) in [6.07, 6.45) is 5.65. The second-order valence-electron chi connectivity index (χ2n) is 3.04. The van der Waals surface area contributed by atoms with E-state index in [-0.39, 0.29) is 0 Å². The first-order valence-corrected chi connectivity index (χ1v) is 4.93.